The van der Waals surface area contributed by atoms with Gasteiger partial charge in [0.1, 0.15) is 5.82 Å². The van der Waals surface area contributed by atoms with Gasteiger partial charge in [0.05, 0.1) is 5.02 Å². The molecular formula is C17H23ClFN. The SMILES string of the molecule is CC1(C)C2CCC1(C)C(NCc1cccc(Cl)c1F)C2. The second-order valence-electron chi connectivity index (χ2n) is 7.26. The molecule has 2 bridgehead atoms. The molecule has 2 saturated carbocycles. The Balaban J connectivity index is 1.73. The molecule has 3 rings (SSSR count). The highest BCUT2D eigenvalue weighted by Crippen LogP contribution is 2.65. The van der Waals surface area contributed by atoms with Crippen molar-refractivity contribution in [3.05, 3.63) is 34.6 Å². The lowest BCUT2D eigenvalue weighted by atomic mass is 9.69. The minimum absolute atomic E-state index is 0.212. The van der Waals surface area contributed by atoms with Crippen molar-refractivity contribution in [2.24, 2.45) is 16.7 Å². The van der Waals surface area contributed by atoms with Crippen LogP contribution in [0.25, 0.3) is 0 Å². The first-order chi connectivity index (χ1) is 9.36. The van der Waals surface area contributed by atoms with Gasteiger partial charge in [-0.3, -0.25) is 0 Å². The van der Waals surface area contributed by atoms with Gasteiger partial charge in [-0.25, -0.2) is 4.39 Å². The summed E-state index contributed by atoms with van der Waals surface area (Å²) in [5.41, 5.74) is 1.38. The first kappa shape index (κ1) is 14.3. The van der Waals surface area contributed by atoms with Crippen LogP contribution in [0.2, 0.25) is 5.02 Å². The van der Waals surface area contributed by atoms with Crippen molar-refractivity contribution < 1.29 is 4.39 Å². The fourth-order valence-electron chi connectivity index (χ4n) is 4.43. The molecule has 3 unspecified atom stereocenters. The molecule has 2 fully saturated rings. The highest BCUT2D eigenvalue weighted by atomic mass is 35.5. The van der Waals surface area contributed by atoms with Gasteiger partial charge in [0.15, 0.2) is 0 Å². The first-order valence-electron chi connectivity index (χ1n) is 7.52. The molecular weight excluding hydrogens is 273 g/mol. The molecule has 2 aliphatic carbocycles. The predicted octanol–water partition coefficient (Wildman–Crippen LogP) is 4.78. The number of hydrogen-bond acceptors (Lipinski definition) is 1. The van der Waals surface area contributed by atoms with Crippen molar-refractivity contribution in [2.45, 2.75) is 52.6 Å². The van der Waals surface area contributed by atoms with Gasteiger partial charge >= 0.3 is 0 Å². The Morgan fingerprint density at radius 1 is 1.35 bits per heavy atom. The van der Waals surface area contributed by atoms with E-state index in [-0.39, 0.29) is 10.8 Å². The molecule has 1 nitrogen and oxygen atoms in total. The van der Waals surface area contributed by atoms with Crippen molar-refractivity contribution in [1.82, 2.24) is 5.32 Å². The van der Waals surface area contributed by atoms with Crippen LogP contribution in [0.3, 0.4) is 0 Å². The maximum Gasteiger partial charge on any atom is 0.146 e. The summed E-state index contributed by atoms with van der Waals surface area (Å²) in [6, 6.07) is 5.71. The Kier molecular flexibility index (Phi) is 3.38. The van der Waals surface area contributed by atoms with Crippen LogP contribution in [-0.2, 0) is 6.54 Å². The van der Waals surface area contributed by atoms with Crippen molar-refractivity contribution >= 4 is 11.6 Å². The number of fused-ring (bicyclic) bond motifs is 2. The summed E-state index contributed by atoms with van der Waals surface area (Å²) in [7, 11) is 0. The lowest BCUT2D eigenvalue weighted by molar-refractivity contribution is 0.120. The third-order valence-corrected chi connectivity index (χ3v) is 6.66. The smallest absolute Gasteiger partial charge is 0.146 e. The van der Waals surface area contributed by atoms with Crippen LogP contribution in [0.1, 0.15) is 45.6 Å². The standard InChI is InChI=1S/C17H23ClFN/c1-16(2)12-7-8-17(16,3)14(9-12)20-10-11-5-4-6-13(18)15(11)19/h4-6,12,14,20H,7-10H2,1-3H3. The normalized spacial score (nSPS) is 34.6. The van der Waals surface area contributed by atoms with Crippen molar-refractivity contribution in [3.63, 3.8) is 0 Å². The van der Waals surface area contributed by atoms with Crippen molar-refractivity contribution in [2.75, 3.05) is 0 Å². The molecule has 0 spiro atoms. The topological polar surface area (TPSA) is 12.0 Å². The molecule has 0 aliphatic heterocycles. The van der Waals surface area contributed by atoms with E-state index < -0.39 is 0 Å². The highest BCUT2D eigenvalue weighted by Gasteiger charge is 2.60. The molecule has 20 heavy (non-hydrogen) atoms. The average molecular weight is 296 g/mol. The summed E-state index contributed by atoms with van der Waals surface area (Å²) in [6.45, 7) is 7.75. The number of nitrogens with one attached hydrogen (secondary N) is 1. The lowest BCUT2D eigenvalue weighted by Gasteiger charge is -2.39. The third kappa shape index (κ3) is 1.92. The largest absolute Gasteiger partial charge is 0.309 e. The monoisotopic (exact) mass is 295 g/mol. The summed E-state index contributed by atoms with van der Waals surface area (Å²) < 4.78 is 13.9. The van der Waals surface area contributed by atoms with Gasteiger partial charge in [0.2, 0.25) is 0 Å². The second kappa shape index (κ2) is 4.71. The fourth-order valence-corrected chi connectivity index (χ4v) is 4.62. The van der Waals surface area contributed by atoms with Gasteiger partial charge in [-0.2, -0.15) is 0 Å². The molecule has 0 radical (unpaired) electrons. The summed E-state index contributed by atoms with van der Waals surface area (Å²) >= 11 is 5.84. The van der Waals surface area contributed by atoms with E-state index in [0.29, 0.717) is 29.0 Å². The van der Waals surface area contributed by atoms with Gasteiger partial charge in [0.25, 0.3) is 0 Å². The molecule has 0 saturated heterocycles. The molecule has 3 heteroatoms. The molecule has 1 aromatic rings. The molecule has 1 N–H and O–H groups in total. The first-order valence-corrected chi connectivity index (χ1v) is 7.90. The Morgan fingerprint density at radius 3 is 2.70 bits per heavy atom. The summed E-state index contributed by atoms with van der Waals surface area (Å²) in [5.74, 6) is 0.517. The van der Waals surface area contributed by atoms with Crippen LogP contribution < -0.4 is 5.32 Å². The maximum absolute atomic E-state index is 13.9. The lowest BCUT2D eigenvalue weighted by Crippen LogP contribution is -2.44. The van der Waals surface area contributed by atoms with E-state index in [1.165, 1.54) is 19.3 Å². The molecule has 2 aliphatic rings. The number of hydrogen-bond donors (Lipinski definition) is 1. The predicted molar refractivity (Wildman–Crippen MR) is 81.3 cm³/mol. The summed E-state index contributed by atoms with van der Waals surface area (Å²) in [5, 5.41) is 3.81. The summed E-state index contributed by atoms with van der Waals surface area (Å²) in [4.78, 5) is 0. The Hall–Kier alpha value is -0.600. The zero-order valence-electron chi connectivity index (χ0n) is 12.5. The van der Waals surface area contributed by atoms with Crippen LogP contribution in [0, 0.1) is 22.6 Å². The quantitative estimate of drug-likeness (QED) is 0.846. The van der Waals surface area contributed by atoms with Gasteiger partial charge < -0.3 is 5.32 Å². The van der Waals surface area contributed by atoms with Crippen molar-refractivity contribution in [1.29, 1.82) is 0 Å². The number of benzene rings is 1. The zero-order chi connectivity index (χ0) is 14.5. The van der Waals surface area contributed by atoms with Gasteiger partial charge in [0, 0.05) is 18.2 Å². The molecule has 0 heterocycles. The molecule has 110 valence electrons. The number of halogens is 2. The van der Waals surface area contributed by atoms with E-state index in [2.05, 4.69) is 26.1 Å². The van der Waals surface area contributed by atoms with E-state index in [0.717, 1.165) is 5.92 Å². The molecule has 0 aromatic heterocycles. The Bertz CT molecular complexity index is 528. The van der Waals surface area contributed by atoms with E-state index in [1.54, 1.807) is 6.07 Å². The minimum Gasteiger partial charge on any atom is -0.309 e. The van der Waals surface area contributed by atoms with Gasteiger partial charge in [-0.15, -0.1) is 0 Å². The molecule has 3 atom stereocenters. The van der Waals surface area contributed by atoms with E-state index in [9.17, 15) is 4.39 Å². The van der Waals surface area contributed by atoms with Crippen LogP contribution >= 0.6 is 11.6 Å². The van der Waals surface area contributed by atoms with Crippen LogP contribution in [0.4, 0.5) is 4.39 Å². The van der Waals surface area contributed by atoms with Gasteiger partial charge in [-0.1, -0.05) is 44.5 Å². The number of rotatable bonds is 3. The Morgan fingerprint density at radius 2 is 2.10 bits per heavy atom. The van der Waals surface area contributed by atoms with Crippen molar-refractivity contribution in [3.8, 4) is 0 Å². The van der Waals surface area contributed by atoms with E-state index in [4.69, 9.17) is 11.6 Å². The minimum atomic E-state index is -0.283. The summed E-state index contributed by atoms with van der Waals surface area (Å²) in [6.07, 6.45) is 3.83. The second-order valence-corrected chi connectivity index (χ2v) is 7.66. The zero-order valence-corrected chi connectivity index (χ0v) is 13.2. The average Bonchev–Trinajstić information content (AvgIpc) is 2.73. The third-order valence-electron chi connectivity index (χ3n) is 6.36. The van der Waals surface area contributed by atoms with E-state index >= 15 is 0 Å². The molecule has 1 aromatic carbocycles. The van der Waals surface area contributed by atoms with E-state index in [1.807, 2.05) is 12.1 Å². The molecule has 0 amide bonds. The van der Waals surface area contributed by atoms with Crippen LogP contribution in [0.5, 0.6) is 0 Å². The highest BCUT2D eigenvalue weighted by molar-refractivity contribution is 6.30. The van der Waals surface area contributed by atoms with Crippen LogP contribution in [0.15, 0.2) is 18.2 Å². The maximum atomic E-state index is 13.9. The fraction of sp³-hybridized carbons (Fsp3) is 0.647. The van der Waals surface area contributed by atoms with Gasteiger partial charge in [-0.05, 0) is 42.1 Å². The van der Waals surface area contributed by atoms with Crippen LogP contribution in [-0.4, -0.2) is 6.04 Å². The Labute approximate surface area is 125 Å².